The molecule has 0 aliphatic heterocycles. The Labute approximate surface area is 317 Å². The smallest absolute Gasteiger partial charge is 0.136 e. The van der Waals surface area contributed by atoms with Crippen LogP contribution in [0.2, 0.25) is 0 Å². The average Bonchev–Trinajstić information content (AvgIpc) is 3.83. The molecule has 0 atom stereocenters. The predicted molar refractivity (Wildman–Crippen MR) is 229 cm³/mol. The van der Waals surface area contributed by atoms with E-state index >= 15 is 0 Å². The summed E-state index contributed by atoms with van der Waals surface area (Å²) in [7, 11) is 0. The van der Waals surface area contributed by atoms with Crippen LogP contribution in [0.15, 0.2) is 209 Å². The van der Waals surface area contributed by atoms with Crippen molar-refractivity contribution >= 4 is 71.7 Å². The highest BCUT2D eigenvalue weighted by molar-refractivity contribution is 6.31. The number of para-hydroxylation sites is 1. The van der Waals surface area contributed by atoms with Crippen molar-refractivity contribution in [2.75, 3.05) is 4.90 Å². The van der Waals surface area contributed by atoms with Crippen molar-refractivity contribution in [3.63, 3.8) is 0 Å². The lowest BCUT2D eigenvalue weighted by molar-refractivity contribution is 0.669. The molecule has 11 rings (SSSR count). The van der Waals surface area contributed by atoms with Gasteiger partial charge in [0.1, 0.15) is 22.3 Å². The molecule has 9 aromatic carbocycles. The number of benzene rings is 9. The SMILES string of the molecule is c1ccc(-c2ccc(N(c3ccc(-c4ccccc4)cc3)c3cccc(-c4ccc5c(c4)oc4ccc6ccc7oc8ccccc8c7c6c45)c3)cc2)cc1. The molecular weight excluding hydrogens is 671 g/mol. The first kappa shape index (κ1) is 31.2. The summed E-state index contributed by atoms with van der Waals surface area (Å²) < 4.78 is 12.9. The maximum absolute atomic E-state index is 6.63. The summed E-state index contributed by atoms with van der Waals surface area (Å²) in [4.78, 5) is 2.33. The van der Waals surface area contributed by atoms with E-state index in [1.807, 2.05) is 12.1 Å². The Morgan fingerprint density at radius 2 is 0.764 bits per heavy atom. The first-order valence-corrected chi connectivity index (χ1v) is 18.7. The first-order chi connectivity index (χ1) is 27.2. The lowest BCUT2D eigenvalue weighted by Gasteiger charge is -2.26. The Hall–Kier alpha value is -7.36. The molecule has 0 aliphatic carbocycles. The molecule has 2 heterocycles. The highest BCUT2D eigenvalue weighted by Crippen LogP contribution is 2.43. The van der Waals surface area contributed by atoms with Gasteiger partial charge < -0.3 is 13.7 Å². The third kappa shape index (κ3) is 5.28. The van der Waals surface area contributed by atoms with E-state index in [0.717, 1.165) is 72.1 Å². The highest BCUT2D eigenvalue weighted by Gasteiger charge is 2.19. The Balaban J connectivity index is 1.03. The molecular formula is C52H33NO2. The minimum Gasteiger partial charge on any atom is -0.456 e. The second-order valence-corrected chi connectivity index (χ2v) is 14.1. The number of nitrogens with zero attached hydrogens (tertiary/aromatic N) is 1. The van der Waals surface area contributed by atoms with Crippen LogP contribution in [0.3, 0.4) is 0 Å². The number of hydrogen-bond donors (Lipinski definition) is 0. The first-order valence-electron chi connectivity index (χ1n) is 18.7. The molecule has 0 amide bonds. The highest BCUT2D eigenvalue weighted by atomic mass is 16.3. The van der Waals surface area contributed by atoms with E-state index in [0.29, 0.717) is 0 Å². The third-order valence-electron chi connectivity index (χ3n) is 10.9. The summed E-state index contributed by atoms with van der Waals surface area (Å²) in [6, 6.07) is 70.9. The molecule has 3 heteroatoms. The van der Waals surface area contributed by atoms with Gasteiger partial charge in [-0.2, -0.15) is 0 Å². The van der Waals surface area contributed by atoms with Crippen LogP contribution in [0.5, 0.6) is 0 Å². The van der Waals surface area contributed by atoms with Gasteiger partial charge in [0, 0.05) is 44.0 Å². The average molecular weight is 704 g/mol. The Morgan fingerprint density at radius 3 is 1.40 bits per heavy atom. The van der Waals surface area contributed by atoms with Crippen molar-refractivity contribution in [1.82, 2.24) is 0 Å². The fourth-order valence-electron chi connectivity index (χ4n) is 8.22. The van der Waals surface area contributed by atoms with Gasteiger partial charge in [-0.05, 0) is 105 Å². The maximum atomic E-state index is 6.63. The zero-order valence-electron chi connectivity index (χ0n) is 29.8. The van der Waals surface area contributed by atoms with Gasteiger partial charge in [-0.15, -0.1) is 0 Å². The molecule has 0 saturated heterocycles. The van der Waals surface area contributed by atoms with E-state index in [2.05, 4.69) is 193 Å². The van der Waals surface area contributed by atoms with Crippen molar-refractivity contribution in [2.24, 2.45) is 0 Å². The summed E-state index contributed by atoms with van der Waals surface area (Å²) in [5.41, 5.74) is 13.7. The fourth-order valence-corrected chi connectivity index (χ4v) is 8.22. The molecule has 0 saturated carbocycles. The molecule has 0 radical (unpaired) electrons. The van der Waals surface area contributed by atoms with Gasteiger partial charge in [0.05, 0.1) is 0 Å². The maximum Gasteiger partial charge on any atom is 0.136 e. The summed E-state index contributed by atoms with van der Waals surface area (Å²) in [5, 5.41) is 6.80. The summed E-state index contributed by atoms with van der Waals surface area (Å²) >= 11 is 0. The molecule has 0 N–H and O–H groups in total. The molecule has 0 unspecified atom stereocenters. The normalized spacial score (nSPS) is 11.6. The molecule has 2 aromatic heterocycles. The number of rotatable bonds is 6. The van der Waals surface area contributed by atoms with Crippen molar-refractivity contribution in [1.29, 1.82) is 0 Å². The number of hydrogen-bond acceptors (Lipinski definition) is 3. The zero-order valence-corrected chi connectivity index (χ0v) is 29.8. The van der Waals surface area contributed by atoms with Crippen molar-refractivity contribution in [3.8, 4) is 33.4 Å². The van der Waals surface area contributed by atoms with Crippen LogP contribution in [0, 0.1) is 0 Å². The zero-order chi connectivity index (χ0) is 36.3. The Bertz CT molecular complexity index is 3090. The molecule has 3 nitrogen and oxygen atoms in total. The number of fused-ring (bicyclic) bond motifs is 9. The van der Waals surface area contributed by atoms with Crippen LogP contribution in [0.25, 0.3) is 88.0 Å². The molecule has 0 bridgehead atoms. The van der Waals surface area contributed by atoms with E-state index in [4.69, 9.17) is 8.83 Å². The van der Waals surface area contributed by atoms with Gasteiger partial charge >= 0.3 is 0 Å². The molecule has 0 fully saturated rings. The van der Waals surface area contributed by atoms with E-state index in [1.165, 1.54) is 33.0 Å². The second-order valence-electron chi connectivity index (χ2n) is 14.1. The molecule has 0 aliphatic rings. The lowest BCUT2D eigenvalue weighted by atomic mass is 9.97. The number of furan rings is 2. The van der Waals surface area contributed by atoms with E-state index < -0.39 is 0 Å². The molecule has 258 valence electrons. The minimum absolute atomic E-state index is 0.861. The lowest BCUT2D eigenvalue weighted by Crippen LogP contribution is -2.10. The summed E-state index contributed by atoms with van der Waals surface area (Å²) in [6.07, 6.45) is 0. The molecule has 55 heavy (non-hydrogen) atoms. The monoisotopic (exact) mass is 703 g/mol. The van der Waals surface area contributed by atoms with Crippen LogP contribution in [-0.2, 0) is 0 Å². The quantitative estimate of drug-likeness (QED) is 0.173. The van der Waals surface area contributed by atoms with Gasteiger partial charge in [0.2, 0.25) is 0 Å². The van der Waals surface area contributed by atoms with E-state index in [9.17, 15) is 0 Å². The Kier molecular flexibility index (Phi) is 7.17. The van der Waals surface area contributed by atoms with Gasteiger partial charge in [-0.1, -0.05) is 133 Å². The van der Waals surface area contributed by atoms with Gasteiger partial charge in [0.15, 0.2) is 0 Å². The van der Waals surface area contributed by atoms with Crippen LogP contribution in [-0.4, -0.2) is 0 Å². The van der Waals surface area contributed by atoms with Crippen LogP contribution < -0.4 is 4.90 Å². The summed E-state index contributed by atoms with van der Waals surface area (Å²) in [6.45, 7) is 0. The van der Waals surface area contributed by atoms with Gasteiger partial charge in [-0.3, -0.25) is 0 Å². The predicted octanol–water partition coefficient (Wildman–Crippen LogP) is 15.1. The minimum atomic E-state index is 0.861. The largest absolute Gasteiger partial charge is 0.456 e. The van der Waals surface area contributed by atoms with Crippen molar-refractivity contribution in [3.05, 3.63) is 200 Å². The Morgan fingerprint density at radius 1 is 0.273 bits per heavy atom. The van der Waals surface area contributed by atoms with E-state index in [-0.39, 0.29) is 0 Å². The summed E-state index contributed by atoms with van der Waals surface area (Å²) in [5.74, 6) is 0. The van der Waals surface area contributed by atoms with Crippen LogP contribution in [0.1, 0.15) is 0 Å². The standard InChI is InChI=1S/C52H33NO2/c1-3-10-34(11-4-1)36-18-25-41(26-19-36)53(42-27-20-37(21-28-42)35-12-5-2-6-13-35)43-15-9-14-39(32-43)40-22-29-45-49(33-40)55-48-31-24-38-23-30-47-51(50(38)52(45)48)44-16-7-8-17-46(44)54-47/h1-33H. The van der Waals surface area contributed by atoms with E-state index in [1.54, 1.807) is 0 Å². The van der Waals surface area contributed by atoms with Crippen molar-refractivity contribution in [2.45, 2.75) is 0 Å². The van der Waals surface area contributed by atoms with Gasteiger partial charge in [0.25, 0.3) is 0 Å². The second kappa shape index (κ2) is 12.6. The van der Waals surface area contributed by atoms with Crippen molar-refractivity contribution < 1.29 is 8.83 Å². The molecule has 0 spiro atoms. The van der Waals surface area contributed by atoms with Crippen LogP contribution >= 0.6 is 0 Å². The number of anilines is 3. The topological polar surface area (TPSA) is 29.5 Å². The van der Waals surface area contributed by atoms with Crippen LogP contribution in [0.4, 0.5) is 17.1 Å². The third-order valence-corrected chi connectivity index (χ3v) is 10.9. The van der Waals surface area contributed by atoms with Gasteiger partial charge in [-0.25, -0.2) is 0 Å². The molecule has 11 aromatic rings. The fraction of sp³-hybridized carbons (Fsp3) is 0.